The van der Waals surface area contributed by atoms with E-state index in [1.807, 2.05) is 49.6 Å². The molecule has 2 rings (SSSR count). The van der Waals surface area contributed by atoms with E-state index in [4.69, 9.17) is 5.26 Å². The van der Waals surface area contributed by atoms with Crippen molar-refractivity contribution in [1.82, 2.24) is 0 Å². The van der Waals surface area contributed by atoms with Gasteiger partial charge >= 0.3 is 0 Å². The quantitative estimate of drug-likeness (QED) is 0.780. The van der Waals surface area contributed by atoms with E-state index < -0.39 is 0 Å². The predicted molar refractivity (Wildman–Crippen MR) is 73.0 cm³/mol. The minimum Gasteiger partial charge on any atom is -0.288 e. The van der Waals surface area contributed by atoms with Crippen LogP contribution in [0.25, 0.3) is 0 Å². The summed E-state index contributed by atoms with van der Waals surface area (Å²) >= 11 is 1.44. The Morgan fingerprint density at radius 1 is 1.33 bits per heavy atom. The normalized spacial score (nSPS) is 11.8. The molecule has 1 unspecified atom stereocenters. The molecule has 1 aromatic carbocycles. The Morgan fingerprint density at radius 2 is 2.11 bits per heavy atom. The third-order valence-corrected chi connectivity index (χ3v) is 3.89. The minimum absolute atomic E-state index is 0.0366. The van der Waals surface area contributed by atoms with Crippen LogP contribution in [-0.4, -0.2) is 5.78 Å². The van der Waals surface area contributed by atoms with Gasteiger partial charge in [0, 0.05) is 5.56 Å². The van der Waals surface area contributed by atoms with Gasteiger partial charge in [-0.25, -0.2) is 0 Å². The van der Waals surface area contributed by atoms with Gasteiger partial charge in [0.15, 0.2) is 0 Å². The Labute approximate surface area is 111 Å². The van der Waals surface area contributed by atoms with Crippen molar-refractivity contribution in [3.8, 4) is 6.07 Å². The summed E-state index contributed by atoms with van der Waals surface area (Å²) in [6, 6.07) is 11.5. The third-order valence-electron chi connectivity index (χ3n) is 3.03. The molecule has 0 N–H and O–H groups in total. The van der Waals surface area contributed by atoms with E-state index in [0.717, 1.165) is 16.0 Å². The maximum Gasteiger partial charge on any atom is 0.203 e. The van der Waals surface area contributed by atoms with Crippen LogP contribution >= 0.6 is 11.3 Å². The average Bonchev–Trinajstić information content (AvgIpc) is 2.91. The van der Waals surface area contributed by atoms with Crippen LogP contribution in [0.3, 0.4) is 0 Å². The summed E-state index contributed by atoms with van der Waals surface area (Å²) in [5.74, 6) is -0.157. The van der Waals surface area contributed by atoms with E-state index >= 15 is 0 Å². The van der Waals surface area contributed by atoms with Crippen LogP contribution in [-0.2, 0) is 0 Å². The summed E-state index contributed by atoms with van der Waals surface area (Å²) in [4.78, 5) is 13.1. The molecule has 0 fully saturated rings. The molecule has 1 atom stereocenters. The molecule has 0 aliphatic carbocycles. The van der Waals surface area contributed by atoms with Gasteiger partial charge in [0.25, 0.3) is 0 Å². The smallest absolute Gasteiger partial charge is 0.203 e. The van der Waals surface area contributed by atoms with Crippen LogP contribution in [0.1, 0.15) is 39.2 Å². The minimum atomic E-state index is -0.193. The summed E-state index contributed by atoms with van der Waals surface area (Å²) in [5.41, 5.74) is 2.53. The third kappa shape index (κ3) is 2.20. The van der Waals surface area contributed by atoms with Crippen molar-refractivity contribution >= 4 is 17.1 Å². The fraction of sp³-hybridized carbons (Fsp3) is 0.200. The Bertz CT molecular complexity index is 608. The van der Waals surface area contributed by atoms with Crippen LogP contribution in [0, 0.1) is 18.3 Å². The fourth-order valence-electron chi connectivity index (χ4n) is 1.98. The monoisotopic (exact) mass is 255 g/mol. The molecule has 2 nitrogen and oxygen atoms in total. The maximum absolute atomic E-state index is 12.3. The van der Waals surface area contributed by atoms with Gasteiger partial charge in [-0.2, -0.15) is 5.26 Å². The first kappa shape index (κ1) is 12.5. The van der Waals surface area contributed by atoms with E-state index in [1.165, 1.54) is 11.3 Å². The first-order chi connectivity index (χ1) is 8.65. The number of nitrogens with zero attached hydrogens (tertiary/aromatic N) is 1. The lowest BCUT2D eigenvalue weighted by molar-refractivity contribution is 0.104. The largest absolute Gasteiger partial charge is 0.288 e. The van der Waals surface area contributed by atoms with Crippen molar-refractivity contribution in [3.63, 3.8) is 0 Å². The summed E-state index contributed by atoms with van der Waals surface area (Å²) in [5, 5.41) is 10.9. The number of carbonyl (C=O) groups excluding carboxylic acids is 1. The first-order valence-electron chi connectivity index (χ1n) is 5.72. The lowest BCUT2D eigenvalue weighted by atomic mass is 9.92. The second kappa shape index (κ2) is 5.16. The molecular formula is C15H13NOS. The van der Waals surface area contributed by atoms with Crippen LogP contribution in [0.2, 0.25) is 0 Å². The fourth-order valence-corrected chi connectivity index (χ4v) is 2.66. The molecule has 18 heavy (non-hydrogen) atoms. The maximum atomic E-state index is 12.3. The van der Waals surface area contributed by atoms with Gasteiger partial charge < -0.3 is 0 Å². The zero-order chi connectivity index (χ0) is 13.1. The van der Waals surface area contributed by atoms with Crippen molar-refractivity contribution in [2.24, 2.45) is 0 Å². The molecular weight excluding hydrogens is 242 g/mol. The summed E-state index contributed by atoms with van der Waals surface area (Å²) in [7, 11) is 0. The van der Waals surface area contributed by atoms with E-state index in [-0.39, 0.29) is 11.7 Å². The van der Waals surface area contributed by atoms with Gasteiger partial charge in [0.05, 0.1) is 16.9 Å². The SMILES string of the molecule is Cc1c(C(=O)c2cccs2)cccc1C(C)C#N. The molecule has 1 aromatic heterocycles. The van der Waals surface area contributed by atoms with Crippen LogP contribution in [0.15, 0.2) is 35.7 Å². The molecule has 3 heteroatoms. The molecule has 0 aliphatic heterocycles. The molecule has 2 aromatic rings. The molecule has 0 saturated carbocycles. The van der Waals surface area contributed by atoms with Crippen molar-refractivity contribution < 1.29 is 4.79 Å². The topological polar surface area (TPSA) is 40.9 Å². The Morgan fingerprint density at radius 3 is 2.72 bits per heavy atom. The molecule has 0 saturated heterocycles. The predicted octanol–water partition coefficient (Wildman–Crippen LogP) is 3.91. The van der Waals surface area contributed by atoms with Gasteiger partial charge in [0.1, 0.15) is 0 Å². The number of carbonyl (C=O) groups is 1. The molecule has 0 radical (unpaired) electrons. The zero-order valence-corrected chi connectivity index (χ0v) is 11.1. The average molecular weight is 255 g/mol. The summed E-state index contributed by atoms with van der Waals surface area (Å²) in [6.45, 7) is 3.76. The highest BCUT2D eigenvalue weighted by Gasteiger charge is 2.16. The lowest BCUT2D eigenvalue weighted by Crippen LogP contribution is -2.05. The van der Waals surface area contributed by atoms with Crippen molar-refractivity contribution in [1.29, 1.82) is 5.26 Å². The summed E-state index contributed by atoms with van der Waals surface area (Å²) in [6.07, 6.45) is 0. The van der Waals surface area contributed by atoms with Crippen molar-refractivity contribution in [2.75, 3.05) is 0 Å². The second-order valence-electron chi connectivity index (χ2n) is 4.18. The highest BCUT2D eigenvalue weighted by atomic mass is 32.1. The molecule has 0 spiro atoms. The lowest BCUT2D eigenvalue weighted by Gasteiger charge is -2.11. The van der Waals surface area contributed by atoms with Gasteiger partial charge in [-0.15, -0.1) is 11.3 Å². The molecule has 0 amide bonds. The van der Waals surface area contributed by atoms with Crippen molar-refractivity contribution in [2.45, 2.75) is 19.8 Å². The number of hydrogen-bond acceptors (Lipinski definition) is 3. The molecule has 0 aliphatic rings. The standard InChI is InChI=1S/C15H13NOS/c1-10(9-16)12-5-3-6-13(11(12)2)15(17)14-7-4-8-18-14/h3-8,10H,1-2H3. The second-order valence-corrected chi connectivity index (χ2v) is 5.12. The number of nitriles is 1. The first-order valence-corrected chi connectivity index (χ1v) is 6.60. The number of benzene rings is 1. The van der Waals surface area contributed by atoms with Crippen molar-refractivity contribution in [3.05, 3.63) is 57.3 Å². The molecule has 0 bridgehead atoms. The van der Waals surface area contributed by atoms with Gasteiger partial charge in [-0.1, -0.05) is 24.3 Å². The van der Waals surface area contributed by atoms with Crippen LogP contribution < -0.4 is 0 Å². The van der Waals surface area contributed by atoms with E-state index in [0.29, 0.717) is 5.56 Å². The highest BCUT2D eigenvalue weighted by molar-refractivity contribution is 7.12. The molecule has 1 heterocycles. The number of rotatable bonds is 3. The number of ketones is 1. The van der Waals surface area contributed by atoms with Gasteiger partial charge in [-0.05, 0) is 36.4 Å². The number of thiophene rings is 1. The van der Waals surface area contributed by atoms with E-state index in [9.17, 15) is 4.79 Å². The molecule has 90 valence electrons. The highest BCUT2D eigenvalue weighted by Crippen LogP contribution is 2.24. The Balaban J connectivity index is 2.47. The van der Waals surface area contributed by atoms with Gasteiger partial charge in [0.2, 0.25) is 5.78 Å². The number of hydrogen-bond donors (Lipinski definition) is 0. The van der Waals surface area contributed by atoms with E-state index in [2.05, 4.69) is 6.07 Å². The van der Waals surface area contributed by atoms with Gasteiger partial charge in [-0.3, -0.25) is 4.79 Å². The van der Waals surface area contributed by atoms with E-state index in [1.54, 1.807) is 0 Å². The Kier molecular flexibility index (Phi) is 3.59. The Hall–Kier alpha value is -1.92. The van der Waals surface area contributed by atoms with Crippen LogP contribution in [0.5, 0.6) is 0 Å². The van der Waals surface area contributed by atoms with Crippen LogP contribution in [0.4, 0.5) is 0 Å². The zero-order valence-electron chi connectivity index (χ0n) is 10.3. The summed E-state index contributed by atoms with van der Waals surface area (Å²) < 4.78 is 0.